The molecule has 2 aromatic rings. The highest BCUT2D eigenvalue weighted by Gasteiger charge is 2.28. The summed E-state index contributed by atoms with van der Waals surface area (Å²) in [6, 6.07) is 16.7. The Kier molecular flexibility index (Phi) is 7.64. The SMILES string of the molecule is C[C@H](C(=O)NC(C)(C)C)N(Cc1cccc(Cl)c1)C(=O)CCc1ccccc1. The van der Waals surface area contributed by atoms with Crippen LogP contribution in [0.3, 0.4) is 0 Å². The van der Waals surface area contributed by atoms with E-state index in [1.165, 1.54) is 0 Å². The molecule has 0 fully saturated rings. The van der Waals surface area contributed by atoms with E-state index in [0.29, 0.717) is 24.4 Å². The van der Waals surface area contributed by atoms with E-state index in [2.05, 4.69) is 5.32 Å². The van der Waals surface area contributed by atoms with Gasteiger partial charge in [-0.1, -0.05) is 54.1 Å². The monoisotopic (exact) mass is 400 g/mol. The van der Waals surface area contributed by atoms with Crippen molar-refractivity contribution in [2.24, 2.45) is 0 Å². The first-order valence-corrected chi connectivity index (χ1v) is 9.93. The van der Waals surface area contributed by atoms with Crippen LogP contribution < -0.4 is 5.32 Å². The Labute approximate surface area is 172 Å². The number of aryl methyl sites for hydroxylation is 1. The maximum atomic E-state index is 13.0. The third-order valence-electron chi connectivity index (χ3n) is 4.38. The molecule has 2 amide bonds. The first-order chi connectivity index (χ1) is 13.2. The molecule has 5 heteroatoms. The molecule has 1 N–H and O–H groups in total. The largest absolute Gasteiger partial charge is 0.350 e. The molecule has 150 valence electrons. The third-order valence-corrected chi connectivity index (χ3v) is 4.61. The molecular weight excluding hydrogens is 372 g/mol. The number of nitrogens with zero attached hydrogens (tertiary/aromatic N) is 1. The van der Waals surface area contributed by atoms with Gasteiger partial charge in [-0.3, -0.25) is 9.59 Å². The summed E-state index contributed by atoms with van der Waals surface area (Å²) in [5.41, 5.74) is 1.64. The summed E-state index contributed by atoms with van der Waals surface area (Å²) in [5.74, 6) is -0.219. The van der Waals surface area contributed by atoms with Gasteiger partial charge < -0.3 is 10.2 Å². The van der Waals surface area contributed by atoms with Gasteiger partial charge in [0.15, 0.2) is 0 Å². The van der Waals surface area contributed by atoms with E-state index in [-0.39, 0.29) is 17.4 Å². The molecule has 0 aliphatic carbocycles. The predicted molar refractivity (Wildman–Crippen MR) is 114 cm³/mol. The standard InChI is InChI=1S/C23H29ClN2O2/c1-17(22(28)25-23(2,3)4)26(16-19-11-8-12-20(24)15-19)21(27)14-13-18-9-6-5-7-10-18/h5-12,15,17H,13-14,16H2,1-4H3,(H,25,28)/t17-/m1/s1. The summed E-state index contributed by atoms with van der Waals surface area (Å²) in [5, 5.41) is 3.58. The Balaban J connectivity index is 2.16. The molecule has 0 aliphatic heterocycles. The summed E-state index contributed by atoms with van der Waals surface area (Å²) in [6.45, 7) is 7.89. The zero-order chi connectivity index (χ0) is 20.7. The van der Waals surface area contributed by atoms with E-state index in [4.69, 9.17) is 11.6 Å². The minimum atomic E-state index is -0.582. The zero-order valence-corrected chi connectivity index (χ0v) is 17.8. The van der Waals surface area contributed by atoms with Gasteiger partial charge in [-0.05, 0) is 57.4 Å². The maximum Gasteiger partial charge on any atom is 0.242 e. The molecule has 0 aromatic heterocycles. The number of nitrogens with one attached hydrogen (secondary N) is 1. The molecule has 0 spiro atoms. The van der Waals surface area contributed by atoms with Crippen LogP contribution in [0.5, 0.6) is 0 Å². The van der Waals surface area contributed by atoms with Gasteiger partial charge in [-0.2, -0.15) is 0 Å². The van der Waals surface area contributed by atoms with Crippen LogP contribution in [0.2, 0.25) is 5.02 Å². The summed E-state index contributed by atoms with van der Waals surface area (Å²) in [7, 11) is 0. The molecular formula is C23H29ClN2O2. The number of amides is 2. The Morgan fingerprint density at radius 3 is 2.29 bits per heavy atom. The summed E-state index contributed by atoms with van der Waals surface area (Å²) < 4.78 is 0. The maximum absolute atomic E-state index is 13.0. The Bertz CT molecular complexity index is 800. The molecule has 4 nitrogen and oxygen atoms in total. The molecule has 0 saturated heterocycles. The fourth-order valence-electron chi connectivity index (χ4n) is 2.93. The third kappa shape index (κ3) is 7.01. The number of benzene rings is 2. The fourth-order valence-corrected chi connectivity index (χ4v) is 3.14. The molecule has 0 heterocycles. The Morgan fingerprint density at radius 2 is 1.68 bits per heavy atom. The number of rotatable bonds is 7. The van der Waals surface area contributed by atoms with E-state index < -0.39 is 6.04 Å². The quantitative estimate of drug-likeness (QED) is 0.738. The van der Waals surface area contributed by atoms with Crippen molar-refractivity contribution in [2.45, 2.75) is 58.7 Å². The van der Waals surface area contributed by atoms with Crippen LogP contribution in [0, 0.1) is 0 Å². The molecule has 0 radical (unpaired) electrons. The van der Waals surface area contributed by atoms with E-state index in [0.717, 1.165) is 11.1 Å². The van der Waals surface area contributed by atoms with Crippen molar-refractivity contribution in [3.05, 3.63) is 70.7 Å². The van der Waals surface area contributed by atoms with Gasteiger partial charge in [-0.15, -0.1) is 0 Å². The van der Waals surface area contributed by atoms with Gasteiger partial charge in [0.25, 0.3) is 0 Å². The van der Waals surface area contributed by atoms with Crippen molar-refractivity contribution >= 4 is 23.4 Å². The second-order valence-corrected chi connectivity index (χ2v) is 8.49. The first-order valence-electron chi connectivity index (χ1n) is 9.55. The molecule has 0 unspecified atom stereocenters. The number of hydrogen-bond donors (Lipinski definition) is 1. The number of carbonyl (C=O) groups is 2. The molecule has 0 bridgehead atoms. The second kappa shape index (κ2) is 9.74. The normalized spacial score (nSPS) is 12.3. The molecule has 2 aromatic carbocycles. The van der Waals surface area contributed by atoms with E-state index in [9.17, 15) is 9.59 Å². The van der Waals surface area contributed by atoms with Gasteiger partial charge in [-0.25, -0.2) is 0 Å². The average molecular weight is 401 g/mol. The number of halogens is 1. The molecule has 0 aliphatic rings. The highest BCUT2D eigenvalue weighted by molar-refractivity contribution is 6.30. The smallest absolute Gasteiger partial charge is 0.242 e. The van der Waals surface area contributed by atoms with E-state index >= 15 is 0 Å². The summed E-state index contributed by atoms with van der Waals surface area (Å²) in [4.78, 5) is 27.4. The lowest BCUT2D eigenvalue weighted by Gasteiger charge is -2.31. The predicted octanol–water partition coefficient (Wildman–Crippen LogP) is 4.60. The van der Waals surface area contributed by atoms with E-state index in [1.807, 2.05) is 69.3 Å². The molecule has 1 atom stereocenters. The van der Waals surface area contributed by atoms with Gasteiger partial charge in [0, 0.05) is 23.5 Å². The van der Waals surface area contributed by atoms with Crippen LogP contribution in [0.15, 0.2) is 54.6 Å². The summed E-state index contributed by atoms with van der Waals surface area (Å²) >= 11 is 6.10. The molecule has 28 heavy (non-hydrogen) atoms. The molecule has 2 rings (SSSR count). The van der Waals surface area contributed by atoms with Crippen molar-refractivity contribution in [3.63, 3.8) is 0 Å². The van der Waals surface area contributed by atoms with Gasteiger partial charge in [0.1, 0.15) is 6.04 Å². The van der Waals surface area contributed by atoms with Crippen molar-refractivity contribution in [2.75, 3.05) is 0 Å². The number of hydrogen-bond acceptors (Lipinski definition) is 2. The van der Waals surface area contributed by atoms with Crippen LogP contribution in [-0.4, -0.2) is 28.3 Å². The fraction of sp³-hybridized carbons (Fsp3) is 0.391. The average Bonchev–Trinajstić information content (AvgIpc) is 2.63. The lowest BCUT2D eigenvalue weighted by atomic mass is 10.1. The van der Waals surface area contributed by atoms with E-state index in [1.54, 1.807) is 17.9 Å². The van der Waals surface area contributed by atoms with Crippen LogP contribution in [0.4, 0.5) is 0 Å². The zero-order valence-electron chi connectivity index (χ0n) is 17.0. The minimum Gasteiger partial charge on any atom is -0.350 e. The van der Waals surface area contributed by atoms with Crippen molar-refractivity contribution in [1.82, 2.24) is 10.2 Å². The minimum absolute atomic E-state index is 0.0552. The van der Waals surface area contributed by atoms with Crippen LogP contribution >= 0.6 is 11.6 Å². The van der Waals surface area contributed by atoms with Gasteiger partial charge in [0.05, 0.1) is 0 Å². The lowest BCUT2D eigenvalue weighted by molar-refractivity contribution is -0.141. The Hall–Kier alpha value is -2.33. The first kappa shape index (κ1) is 22.0. The second-order valence-electron chi connectivity index (χ2n) is 8.05. The Morgan fingerprint density at radius 1 is 1.04 bits per heavy atom. The van der Waals surface area contributed by atoms with Gasteiger partial charge >= 0.3 is 0 Å². The highest BCUT2D eigenvalue weighted by atomic mass is 35.5. The van der Waals surface area contributed by atoms with Crippen LogP contribution in [0.1, 0.15) is 45.2 Å². The lowest BCUT2D eigenvalue weighted by Crippen LogP contribution is -2.52. The topological polar surface area (TPSA) is 49.4 Å². The summed E-state index contributed by atoms with van der Waals surface area (Å²) in [6.07, 6.45) is 0.983. The highest BCUT2D eigenvalue weighted by Crippen LogP contribution is 2.17. The van der Waals surface area contributed by atoms with Crippen molar-refractivity contribution in [3.8, 4) is 0 Å². The van der Waals surface area contributed by atoms with Crippen molar-refractivity contribution < 1.29 is 9.59 Å². The van der Waals surface area contributed by atoms with Gasteiger partial charge in [0.2, 0.25) is 11.8 Å². The van der Waals surface area contributed by atoms with Crippen LogP contribution in [0.25, 0.3) is 0 Å². The van der Waals surface area contributed by atoms with Crippen LogP contribution in [-0.2, 0) is 22.6 Å². The van der Waals surface area contributed by atoms with Crippen molar-refractivity contribution in [1.29, 1.82) is 0 Å². The number of carbonyl (C=O) groups excluding carboxylic acids is 2. The molecule has 0 saturated carbocycles.